The molecule has 1 aromatic heterocycles. The van der Waals surface area contributed by atoms with E-state index in [0.717, 1.165) is 5.76 Å². The van der Waals surface area contributed by atoms with Gasteiger partial charge in [-0.2, -0.15) is 0 Å². The molecule has 18 heavy (non-hydrogen) atoms. The molecule has 0 spiro atoms. The van der Waals surface area contributed by atoms with E-state index in [1.54, 1.807) is 12.1 Å². The van der Waals surface area contributed by atoms with E-state index in [1.165, 1.54) is 0 Å². The summed E-state index contributed by atoms with van der Waals surface area (Å²) in [5.41, 5.74) is 0. The van der Waals surface area contributed by atoms with Crippen molar-refractivity contribution in [3.63, 3.8) is 0 Å². The third kappa shape index (κ3) is 3.22. The van der Waals surface area contributed by atoms with Crippen molar-refractivity contribution in [3.8, 4) is 0 Å². The van der Waals surface area contributed by atoms with Crippen LogP contribution in [0.1, 0.15) is 11.5 Å². The summed E-state index contributed by atoms with van der Waals surface area (Å²) in [7, 11) is 0.669. The van der Waals surface area contributed by atoms with Gasteiger partial charge < -0.3 is 9.73 Å². The predicted octanol–water partition coefficient (Wildman–Crippen LogP) is 2.96. The molecular weight excluding hydrogens is 270 g/mol. The Morgan fingerprint density at radius 1 is 1.22 bits per heavy atom. The van der Waals surface area contributed by atoms with Gasteiger partial charge in [0.25, 0.3) is 0 Å². The number of nitrogens with one attached hydrogen (secondary N) is 1. The normalized spacial score (nSPS) is 12.6. The van der Waals surface area contributed by atoms with E-state index < -0.39 is 10.8 Å². The van der Waals surface area contributed by atoms with Gasteiger partial charge in [0.2, 0.25) is 0 Å². The van der Waals surface area contributed by atoms with Gasteiger partial charge >= 0.3 is 0 Å². The summed E-state index contributed by atoms with van der Waals surface area (Å²) in [4.78, 5) is 0.644. The van der Waals surface area contributed by atoms with Gasteiger partial charge in [0.05, 0.1) is 33.0 Å². The lowest BCUT2D eigenvalue weighted by molar-refractivity contribution is 0.467. The minimum atomic E-state index is -1.18. The number of hydrogen-bond donors (Lipinski definition) is 1. The fourth-order valence-electron chi connectivity index (χ4n) is 1.61. The second kappa shape index (κ2) is 6.18. The van der Waals surface area contributed by atoms with E-state index in [1.807, 2.05) is 31.3 Å². The highest BCUT2D eigenvalue weighted by molar-refractivity contribution is 7.84. The standard InChI is InChI=1S/C13H14ClNO2S/c1-15-8-10-6-7-11(17-10)9-18(16)13-5-3-2-4-12(13)14/h2-7,15H,8-9H2,1H3. The molecule has 0 aliphatic carbocycles. The number of benzene rings is 1. The average Bonchev–Trinajstić information content (AvgIpc) is 2.77. The van der Waals surface area contributed by atoms with E-state index >= 15 is 0 Å². The molecule has 3 nitrogen and oxygen atoms in total. The fourth-order valence-corrected chi connectivity index (χ4v) is 3.08. The first-order valence-corrected chi connectivity index (χ1v) is 7.25. The van der Waals surface area contributed by atoms with Crippen molar-refractivity contribution in [1.82, 2.24) is 5.32 Å². The van der Waals surface area contributed by atoms with Crippen molar-refractivity contribution in [2.24, 2.45) is 0 Å². The SMILES string of the molecule is CNCc1ccc(CS(=O)c2ccccc2Cl)o1. The highest BCUT2D eigenvalue weighted by atomic mass is 35.5. The van der Waals surface area contributed by atoms with E-state index in [-0.39, 0.29) is 0 Å². The van der Waals surface area contributed by atoms with Crippen LogP contribution in [0.25, 0.3) is 0 Å². The molecule has 1 unspecified atom stereocenters. The van der Waals surface area contributed by atoms with Crippen molar-refractivity contribution in [2.45, 2.75) is 17.2 Å². The van der Waals surface area contributed by atoms with Crippen molar-refractivity contribution in [3.05, 3.63) is 52.9 Å². The number of hydrogen-bond acceptors (Lipinski definition) is 3. The molecule has 0 radical (unpaired) electrons. The Labute approximate surface area is 114 Å². The number of rotatable bonds is 5. The van der Waals surface area contributed by atoms with Gasteiger partial charge in [0.15, 0.2) is 0 Å². The van der Waals surface area contributed by atoms with E-state index in [2.05, 4.69) is 5.32 Å². The van der Waals surface area contributed by atoms with Crippen LogP contribution in [0.5, 0.6) is 0 Å². The van der Waals surface area contributed by atoms with Crippen LogP contribution in [-0.4, -0.2) is 11.3 Å². The van der Waals surface area contributed by atoms with Crippen LogP contribution in [0.15, 0.2) is 45.7 Å². The summed E-state index contributed by atoms with van der Waals surface area (Å²) in [6.07, 6.45) is 0. The van der Waals surface area contributed by atoms with Gasteiger partial charge in [-0.1, -0.05) is 23.7 Å². The molecule has 1 atom stereocenters. The van der Waals surface area contributed by atoms with Crippen molar-refractivity contribution >= 4 is 22.4 Å². The zero-order valence-electron chi connectivity index (χ0n) is 9.98. The molecule has 1 heterocycles. The molecular formula is C13H14ClNO2S. The van der Waals surface area contributed by atoms with Gasteiger partial charge in [0, 0.05) is 0 Å². The Hall–Kier alpha value is -1.10. The molecule has 0 saturated heterocycles. The van der Waals surface area contributed by atoms with Crippen LogP contribution in [0.4, 0.5) is 0 Å². The molecule has 2 rings (SSSR count). The maximum Gasteiger partial charge on any atom is 0.117 e. The molecule has 0 amide bonds. The summed E-state index contributed by atoms with van der Waals surface area (Å²) in [6, 6.07) is 10.9. The molecule has 2 aromatic rings. The molecule has 0 aliphatic rings. The quantitative estimate of drug-likeness (QED) is 0.917. The molecule has 0 bridgehead atoms. The summed E-state index contributed by atoms with van der Waals surface area (Å²) in [6.45, 7) is 0.665. The minimum absolute atomic E-state index is 0.341. The summed E-state index contributed by atoms with van der Waals surface area (Å²) in [5.74, 6) is 1.88. The second-order valence-electron chi connectivity index (χ2n) is 3.82. The van der Waals surface area contributed by atoms with Gasteiger partial charge in [0.1, 0.15) is 11.5 Å². The van der Waals surface area contributed by atoms with Crippen molar-refractivity contribution in [1.29, 1.82) is 0 Å². The smallest absolute Gasteiger partial charge is 0.117 e. The largest absolute Gasteiger partial charge is 0.464 e. The lowest BCUT2D eigenvalue weighted by atomic mass is 10.4. The molecule has 0 saturated carbocycles. The molecule has 1 N–H and O–H groups in total. The third-order valence-electron chi connectivity index (χ3n) is 2.42. The van der Waals surface area contributed by atoms with Gasteiger partial charge in [-0.25, -0.2) is 0 Å². The zero-order chi connectivity index (χ0) is 13.0. The van der Waals surface area contributed by atoms with Crippen LogP contribution in [0, 0.1) is 0 Å². The maximum absolute atomic E-state index is 12.2. The Bertz CT molecular complexity index is 553. The Morgan fingerprint density at radius 2 is 1.94 bits per heavy atom. The highest BCUT2D eigenvalue weighted by Gasteiger charge is 2.11. The van der Waals surface area contributed by atoms with Crippen LogP contribution in [-0.2, 0) is 23.1 Å². The predicted molar refractivity (Wildman–Crippen MR) is 73.0 cm³/mol. The molecule has 0 fully saturated rings. The average molecular weight is 284 g/mol. The summed E-state index contributed by atoms with van der Waals surface area (Å²) < 4.78 is 17.7. The number of furan rings is 1. The molecule has 96 valence electrons. The highest BCUT2D eigenvalue weighted by Crippen LogP contribution is 2.22. The Morgan fingerprint density at radius 3 is 2.67 bits per heavy atom. The van der Waals surface area contributed by atoms with Crippen LogP contribution < -0.4 is 5.32 Å². The van der Waals surface area contributed by atoms with E-state index in [0.29, 0.717) is 28.0 Å². The molecule has 5 heteroatoms. The summed E-state index contributed by atoms with van der Waals surface area (Å²) in [5, 5.41) is 3.53. The minimum Gasteiger partial charge on any atom is -0.464 e. The number of halogens is 1. The first-order chi connectivity index (χ1) is 8.70. The fraction of sp³-hybridized carbons (Fsp3) is 0.231. The Kier molecular flexibility index (Phi) is 4.58. The van der Waals surface area contributed by atoms with Gasteiger partial charge in [-0.15, -0.1) is 0 Å². The monoisotopic (exact) mass is 283 g/mol. The molecule has 1 aromatic carbocycles. The second-order valence-corrected chi connectivity index (χ2v) is 5.65. The topological polar surface area (TPSA) is 42.2 Å². The third-order valence-corrected chi connectivity index (χ3v) is 4.26. The van der Waals surface area contributed by atoms with E-state index in [4.69, 9.17) is 16.0 Å². The first-order valence-electron chi connectivity index (χ1n) is 5.56. The maximum atomic E-state index is 12.2. The van der Waals surface area contributed by atoms with Gasteiger partial charge in [-0.3, -0.25) is 4.21 Å². The van der Waals surface area contributed by atoms with Crippen molar-refractivity contribution < 1.29 is 8.63 Å². The lowest BCUT2D eigenvalue weighted by Crippen LogP contribution is -2.03. The van der Waals surface area contributed by atoms with Crippen LogP contribution in [0.2, 0.25) is 5.02 Å². The van der Waals surface area contributed by atoms with Crippen LogP contribution in [0.3, 0.4) is 0 Å². The Balaban J connectivity index is 2.09. The van der Waals surface area contributed by atoms with Crippen molar-refractivity contribution in [2.75, 3.05) is 7.05 Å². The first kappa shape index (κ1) is 13.3. The van der Waals surface area contributed by atoms with Gasteiger partial charge in [-0.05, 0) is 31.3 Å². The zero-order valence-corrected chi connectivity index (χ0v) is 11.6. The van der Waals surface area contributed by atoms with E-state index in [9.17, 15) is 4.21 Å². The summed E-state index contributed by atoms with van der Waals surface area (Å²) >= 11 is 6.01. The lowest BCUT2D eigenvalue weighted by Gasteiger charge is -2.02. The molecule has 0 aliphatic heterocycles. The van der Waals surface area contributed by atoms with Crippen LogP contribution >= 0.6 is 11.6 Å².